The van der Waals surface area contributed by atoms with Crippen LogP contribution < -0.4 is 5.56 Å². The van der Waals surface area contributed by atoms with Crippen LogP contribution in [0.2, 0.25) is 0 Å². The highest BCUT2D eigenvalue weighted by atomic mass is 16.4. The van der Waals surface area contributed by atoms with Gasteiger partial charge in [-0.3, -0.25) is 9.78 Å². The molecule has 0 aliphatic rings. The molecule has 0 unspecified atom stereocenters. The number of pyridine rings is 2. The van der Waals surface area contributed by atoms with Crippen molar-refractivity contribution < 1.29 is 9.90 Å². The normalized spacial score (nSPS) is 10.8. The van der Waals surface area contributed by atoms with E-state index in [2.05, 4.69) is 4.98 Å². The molecule has 0 spiro atoms. The summed E-state index contributed by atoms with van der Waals surface area (Å²) in [6.07, 6.45) is 1.54. The molecule has 2 aromatic heterocycles. The molecule has 0 aliphatic heterocycles. The largest absolute Gasteiger partial charge is 0.477 e. The summed E-state index contributed by atoms with van der Waals surface area (Å²) in [7, 11) is 0. The second-order valence-corrected chi connectivity index (χ2v) is 4.84. The number of hydrogen-bond acceptors (Lipinski definition) is 3. The summed E-state index contributed by atoms with van der Waals surface area (Å²) in [4.78, 5) is 28.4. The van der Waals surface area contributed by atoms with Crippen LogP contribution in [-0.2, 0) is 6.54 Å². The van der Waals surface area contributed by atoms with Gasteiger partial charge < -0.3 is 9.67 Å². The molecular weight excluding hydrogens is 280 g/mol. The number of carboxylic acids is 1. The monoisotopic (exact) mass is 294 g/mol. The third-order valence-electron chi connectivity index (χ3n) is 3.61. The lowest BCUT2D eigenvalue weighted by Crippen LogP contribution is -2.27. The first kappa shape index (κ1) is 14.0. The number of aromatic carboxylic acids is 1. The molecule has 0 aliphatic carbocycles. The SMILES string of the molecule is CCn1c(C(=O)O)c(-c2ccccc2)c2cccnc2c1=O. The van der Waals surface area contributed by atoms with E-state index in [9.17, 15) is 14.7 Å². The summed E-state index contributed by atoms with van der Waals surface area (Å²) < 4.78 is 1.26. The van der Waals surface area contributed by atoms with Gasteiger partial charge in [-0.05, 0) is 18.6 Å². The molecule has 3 rings (SSSR count). The molecule has 5 heteroatoms. The van der Waals surface area contributed by atoms with E-state index in [1.165, 1.54) is 4.57 Å². The minimum Gasteiger partial charge on any atom is -0.477 e. The van der Waals surface area contributed by atoms with Gasteiger partial charge in [-0.1, -0.05) is 36.4 Å². The standard InChI is InChI=1S/C17H14N2O3/c1-2-19-15(17(21)22)13(11-7-4-3-5-8-11)12-9-6-10-18-14(12)16(19)20/h3-10H,2H2,1H3,(H,21,22). The molecule has 0 amide bonds. The highest BCUT2D eigenvalue weighted by Crippen LogP contribution is 2.29. The Balaban J connectivity index is 2.58. The summed E-state index contributed by atoms with van der Waals surface area (Å²) >= 11 is 0. The van der Waals surface area contributed by atoms with Crippen LogP contribution in [0.15, 0.2) is 53.5 Å². The molecule has 22 heavy (non-hydrogen) atoms. The van der Waals surface area contributed by atoms with E-state index in [-0.39, 0.29) is 23.3 Å². The first-order chi connectivity index (χ1) is 10.6. The van der Waals surface area contributed by atoms with Crippen molar-refractivity contribution in [1.82, 2.24) is 9.55 Å². The van der Waals surface area contributed by atoms with E-state index in [1.54, 1.807) is 25.3 Å². The number of aromatic nitrogens is 2. The van der Waals surface area contributed by atoms with Crippen LogP contribution in [0.25, 0.3) is 22.0 Å². The van der Waals surface area contributed by atoms with Crippen LogP contribution in [0.4, 0.5) is 0 Å². The summed E-state index contributed by atoms with van der Waals surface area (Å²) in [6, 6.07) is 12.6. The van der Waals surface area contributed by atoms with E-state index < -0.39 is 5.97 Å². The maximum atomic E-state index is 12.5. The van der Waals surface area contributed by atoms with E-state index in [0.29, 0.717) is 10.9 Å². The number of carbonyl (C=O) groups is 1. The van der Waals surface area contributed by atoms with Crippen LogP contribution in [0.5, 0.6) is 0 Å². The molecule has 110 valence electrons. The summed E-state index contributed by atoms with van der Waals surface area (Å²) in [5.74, 6) is -1.12. The number of fused-ring (bicyclic) bond motifs is 1. The first-order valence-corrected chi connectivity index (χ1v) is 6.95. The third kappa shape index (κ3) is 2.07. The van der Waals surface area contributed by atoms with Gasteiger partial charge in [-0.15, -0.1) is 0 Å². The predicted molar refractivity (Wildman–Crippen MR) is 84.1 cm³/mol. The fraction of sp³-hybridized carbons (Fsp3) is 0.118. The lowest BCUT2D eigenvalue weighted by molar-refractivity contribution is 0.0685. The molecule has 0 bridgehead atoms. The molecule has 1 N–H and O–H groups in total. The highest BCUT2D eigenvalue weighted by molar-refractivity contribution is 6.05. The molecule has 5 nitrogen and oxygen atoms in total. The molecule has 0 saturated heterocycles. The maximum absolute atomic E-state index is 12.5. The zero-order valence-electron chi connectivity index (χ0n) is 12.0. The molecule has 0 fully saturated rings. The average Bonchev–Trinajstić information content (AvgIpc) is 2.55. The Bertz CT molecular complexity index is 914. The van der Waals surface area contributed by atoms with E-state index in [0.717, 1.165) is 5.56 Å². The quantitative estimate of drug-likeness (QED) is 0.806. The molecular formula is C17H14N2O3. The van der Waals surface area contributed by atoms with Gasteiger partial charge in [-0.25, -0.2) is 4.79 Å². The summed E-state index contributed by atoms with van der Waals surface area (Å²) in [6.45, 7) is 2.02. The topological polar surface area (TPSA) is 72.2 Å². The lowest BCUT2D eigenvalue weighted by atomic mass is 9.98. The van der Waals surface area contributed by atoms with Crippen molar-refractivity contribution in [3.8, 4) is 11.1 Å². The minimum atomic E-state index is -1.12. The van der Waals surface area contributed by atoms with E-state index >= 15 is 0 Å². The molecule has 0 saturated carbocycles. The van der Waals surface area contributed by atoms with Crippen molar-refractivity contribution in [2.45, 2.75) is 13.5 Å². The van der Waals surface area contributed by atoms with Crippen molar-refractivity contribution in [1.29, 1.82) is 0 Å². The Hall–Kier alpha value is -2.95. The van der Waals surface area contributed by atoms with Crippen molar-refractivity contribution in [3.05, 3.63) is 64.7 Å². The number of nitrogens with zero attached hydrogens (tertiary/aromatic N) is 2. The lowest BCUT2D eigenvalue weighted by Gasteiger charge is -2.15. The van der Waals surface area contributed by atoms with Crippen LogP contribution in [-0.4, -0.2) is 20.6 Å². The van der Waals surface area contributed by atoms with Gasteiger partial charge in [0.15, 0.2) is 0 Å². The summed E-state index contributed by atoms with van der Waals surface area (Å²) in [5, 5.41) is 10.2. The van der Waals surface area contributed by atoms with E-state index in [4.69, 9.17) is 0 Å². The third-order valence-corrected chi connectivity index (χ3v) is 3.61. The van der Waals surface area contributed by atoms with Gasteiger partial charge in [0.2, 0.25) is 0 Å². The molecule has 0 atom stereocenters. The van der Waals surface area contributed by atoms with E-state index in [1.807, 2.05) is 30.3 Å². The van der Waals surface area contributed by atoms with Gasteiger partial charge in [0, 0.05) is 23.7 Å². The summed E-state index contributed by atoms with van der Waals surface area (Å²) in [5.41, 5.74) is 1.18. The smallest absolute Gasteiger partial charge is 0.353 e. The highest BCUT2D eigenvalue weighted by Gasteiger charge is 2.22. The molecule has 0 radical (unpaired) electrons. The first-order valence-electron chi connectivity index (χ1n) is 6.95. The van der Waals surface area contributed by atoms with Crippen LogP contribution in [0.1, 0.15) is 17.4 Å². The van der Waals surface area contributed by atoms with Crippen molar-refractivity contribution in [2.24, 2.45) is 0 Å². The second kappa shape index (κ2) is 5.44. The second-order valence-electron chi connectivity index (χ2n) is 4.84. The maximum Gasteiger partial charge on any atom is 0.353 e. The Morgan fingerprint density at radius 2 is 1.91 bits per heavy atom. The van der Waals surface area contributed by atoms with Gasteiger partial charge in [0.1, 0.15) is 11.2 Å². The number of benzene rings is 1. The number of carboxylic acid groups (broad SMARTS) is 1. The molecule has 1 aromatic carbocycles. The average molecular weight is 294 g/mol. The minimum absolute atomic E-state index is 0.000741. The zero-order chi connectivity index (χ0) is 15.7. The molecule has 3 aromatic rings. The Morgan fingerprint density at radius 3 is 2.55 bits per heavy atom. The van der Waals surface area contributed by atoms with Crippen molar-refractivity contribution in [2.75, 3.05) is 0 Å². The number of rotatable bonds is 3. The van der Waals surface area contributed by atoms with Crippen molar-refractivity contribution in [3.63, 3.8) is 0 Å². The van der Waals surface area contributed by atoms with Gasteiger partial charge in [0.05, 0.1) is 0 Å². The zero-order valence-corrected chi connectivity index (χ0v) is 12.0. The number of hydrogen-bond donors (Lipinski definition) is 1. The Kier molecular flexibility index (Phi) is 3.47. The van der Waals surface area contributed by atoms with Gasteiger partial charge in [-0.2, -0.15) is 0 Å². The Morgan fingerprint density at radius 1 is 1.18 bits per heavy atom. The predicted octanol–water partition coefficient (Wildman–Crippen LogP) is 2.78. The van der Waals surface area contributed by atoms with Gasteiger partial charge >= 0.3 is 5.97 Å². The van der Waals surface area contributed by atoms with Crippen molar-refractivity contribution >= 4 is 16.9 Å². The van der Waals surface area contributed by atoms with Crippen LogP contribution in [0.3, 0.4) is 0 Å². The molecule has 2 heterocycles. The van der Waals surface area contributed by atoms with Gasteiger partial charge in [0.25, 0.3) is 5.56 Å². The Labute approximate surface area is 126 Å². The fourth-order valence-corrected chi connectivity index (χ4v) is 2.69. The fourth-order valence-electron chi connectivity index (χ4n) is 2.69. The van der Waals surface area contributed by atoms with Crippen LogP contribution in [0, 0.1) is 0 Å². The van der Waals surface area contributed by atoms with Crippen LogP contribution >= 0.6 is 0 Å².